The Balaban J connectivity index is 1.74. The Labute approximate surface area is 126 Å². The van der Waals surface area contributed by atoms with E-state index < -0.39 is 0 Å². The van der Waals surface area contributed by atoms with Crippen LogP contribution in [0.15, 0.2) is 41.4 Å². The molecule has 0 saturated carbocycles. The predicted molar refractivity (Wildman–Crippen MR) is 82.4 cm³/mol. The number of hydrogen-bond acceptors (Lipinski definition) is 3. The van der Waals surface area contributed by atoms with Crippen LogP contribution in [0.3, 0.4) is 0 Å². The van der Waals surface area contributed by atoms with E-state index in [4.69, 9.17) is 11.6 Å². The fraction of sp³-hybridized carbons (Fsp3) is 0.200. The lowest BCUT2D eigenvalue weighted by atomic mass is 10.1. The minimum absolute atomic E-state index is 0.0273. The predicted octanol–water partition coefficient (Wildman–Crippen LogP) is 3.70. The topological polar surface area (TPSA) is 42.0 Å². The first-order valence-electron chi connectivity index (χ1n) is 6.31. The molecule has 1 aliphatic heterocycles. The Hall–Kier alpha value is -1.52. The minimum Gasteiger partial charge on any atom is -0.322 e. The number of carbonyl (C=O) groups is 1. The Morgan fingerprint density at radius 1 is 1.45 bits per heavy atom. The summed E-state index contributed by atoms with van der Waals surface area (Å²) in [5.41, 5.74) is 2.77. The molecular formula is C15H13ClN2OS. The van der Waals surface area contributed by atoms with E-state index in [0.29, 0.717) is 10.8 Å². The number of hydrogen-bond donors (Lipinski definition) is 1. The molecule has 1 N–H and O–H groups in total. The highest BCUT2D eigenvalue weighted by atomic mass is 35.5. The van der Waals surface area contributed by atoms with Gasteiger partial charge >= 0.3 is 0 Å². The Morgan fingerprint density at radius 3 is 3.05 bits per heavy atom. The van der Waals surface area contributed by atoms with Crippen molar-refractivity contribution in [3.63, 3.8) is 0 Å². The molecule has 3 rings (SSSR count). The maximum Gasteiger partial charge on any atom is 0.238 e. The zero-order valence-electron chi connectivity index (χ0n) is 10.9. The molecule has 1 aromatic carbocycles. The number of aromatic nitrogens is 1. The number of carbonyl (C=O) groups excluding carboxylic acids is 1. The Bertz CT molecular complexity index is 650. The third kappa shape index (κ3) is 2.67. The lowest BCUT2D eigenvalue weighted by Gasteiger charge is -2.11. The summed E-state index contributed by atoms with van der Waals surface area (Å²) in [7, 11) is 0. The molecule has 0 radical (unpaired) electrons. The second-order valence-electron chi connectivity index (χ2n) is 4.76. The van der Waals surface area contributed by atoms with Crippen molar-refractivity contribution in [2.45, 2.75) is 23.5 Å². The van der Waals surface area contributed by atoms with Gasteiger partial charge in [-0.3, -0.25) is 4.79 Å². The summed E-state index contributed by atoms with van der Waals surface area (Å²) in [5, 5.41) is 3.09. The van der Waals surface area contributed by atoms with Crippen LogP contribution in [-0.4, -0.2) is 16.1 Å². The highest BCUT2D eigenvalue weighted by Gasteiger charge is 2.28. The summed E-state index contributed by atoms with van der Waals surface area (Å²) in [6.45, 7) is 1.92. The molecular weight excluding hydrogens is 292 g/mol. The number of thioether (sulfide) groups is 1. The lowest BCUT2D eigenvalue weighted by molar-refractivity contribution is -0.115. The third-order valence-electron chi connectivity index (χ3n) is 3.17. The van der Waals surface area contributed by atoms with E-state index in [-0.39, 0.29) is 11.2 Å². The molecule has 5 heteroatoms. The molecule has 2 heterocycles. The highest BCUT2D eigenvalue weighted by molar-refractivity contribution is 8.01. The van der Waals surface area contributed by atoms with Gasteiger partial charge in [-0.2, -0.15) is 0 Å². The van der Waals surface area contributed by atoms with Crippen LogP contribution in [0, 0.1) is 6.92 Å². The van der Waals surface area contributed by atoms with Crippen molar-refractivity contribution in [3.05, 3.63) is 52.8 Å². The number of fused-ring (bicyclic) bond motifs is 1. The van der Waals surface area contributed by atoms with E-state index in [0.717, 1.165) is 12.0 Å². The van der Waals surface area contributed by atoms with Crippen LogP contribution in [-0.2, 0) is 11.2 Å². The zero-order valence-corrected chi connectivity index (χ0v) is 12.5. The summed E-state index contributed by atoms with van der Waals surface area (Å²) in [5.74, 6) is -0.0273. The summed E-state index contributed by atoms with van der Waals surface area (Å²) in [4.78, 5) is 17.6. The number of nitrogens with zero attached hydrogens (tertiary/aromatic N) is 1. The van der Waals surface area contributed by atoms with Crippen molar-refractivity contribution in [2.24, 2.45) is 0 Å². The number of benzene rings is 1. The van der Waals surface area contributed by atoms with Crippen molar-refractivity contribution in [2.75, 3.05) is 5.32 Å². The summed E-state index contributed by atoms with van der Waals surface area (Å²) in [6, 6.07) is 9.94. The molecule has 2 aromatic rings. The largest absolute Gasteiger partial charge is 0.322 e. The van der Waals surface area contributed by atoms with Gasteiger partial charge in [-0.15, -0.1) is 11.8 Å². The lowest BCUT2D eigenvalue weighted by Crippen LogP contribution is -2.24. The second kappa shape index (κ2) is 5.46. The van der Waals surface area contributed by atoms with Gasteiger partial charge in [0.1, 0.15) is 0 Å². The average Bonchev–Trinajstić information content (AvgIpc) is 2.87. The van der Waals surface area contributed by atoms with Crippen LogP contribution in [0.4, 0.5) is 5.69 Å². The number of aryl methyl sites for hydroxylation is 1. The van der Waals surface area contributed by atoms with Gasteiger partial charge in [-0.1, -0.05) is 29.8 Å². The van der Waals surface area contributed by atoms with Crippen LogP contribution < -0.4 is 5.32 Å². The number of nitrogens with one attached hydrogen (secondary N) is 1. The molecule has 0 saturated heterocycles. The molecule has 0 fully saturated rings. The average molecular weight is 305 g/mol. The van der Waals surface area contributed by atoms with Gasteiger partial charge in [0.2, 0.25) is 5.91 Å². The third-order valence-corrected chi connectivity index (χ3v) is 4.79. The number of anilines is 1. The summed E-state index contributed by atoms with van der Waals surface area (Å²) >= 11 is 7.60. The molecule has 20 heavy (non-hydrogen) atoms. The smallest absolute Gasteiger partial charge is 0.238 e. The first-order chi connectivity index (χ1) is 9.63. The van der Waals surface area contributed by atoms with Gasteiger partial charge in [0.05, 0.1) is 10.9 Å². The van der Waals surface area contributed by atoms with E-state index in [1.807, 2.05) is 25.1 Å². The van der Waals surface area contributed by atoms with E-state index >= 15 is 0 Å². The molecule has 102 valence electrons. The van der Waals surface area contributed by atoms with Crippen LogP contribution in [0.5, 0.6) is 0 Å². The maximum atomic E-state index is 12.3. The standard InChI is InChI=1S/C15H13ClN2OS/c1-9-6-11(14(16)17-8-9)18-15(19)13-7-10-4-2-3-5-12(10)20-13/h2-6,8,13H,7H2,1H3,(H,18,19). The van der Waals surface area contributed by atoms with Gasteiger partial charge in [-0.05, 0) is 36.6 Å². The minimum atomic E-state index is -0.107. The van der Waals surface area contributed by atoms with E-state index in [9.17, 15) is 4.79 Å². The van der Waals surface area contributed by atoms with Gasteiger partial charge in [0.25, 0.3) is 0 Å². The van der Waals surface area contributed by atoms with Crippen molar-refractivity contribution < 1.29 is 4.79 Å². The van der Waals surface area contributed by atoms with Crippen LogP contribution in [0.1, 0.15) is 11.1 Å². The first-order valence-corrected chi connectivity index (χ1v) is 7.57. The second-order valence-corrected chi connectivity index (χ2v) is 6.36. The van der Waals surface area contributed by atoms with E-state index in [1.54, 1.807) is 18.0 Å². The summed E-state index contributed by atoms with van der Waals surface area (Å²) in [6.07, 6.45) is 2.43. The van der Waals surface area contributed by atoms with Gasteiger partial charge in [0.15, 0.2) is 5.15 Å². The fourth-order valence-electron chi connectivity index (χ4n) is 2.18. The van der Waals surface area contributed by atoms with Gasteiger partial charge in [-0.25, -0.2) is 4.98 Å². The maximum absolute atomic E-state index is 12.3. The van der Waals surface area contributed by atoms with Crippen molar-refractivity contribution in [1.29, 1.82) is 0 Å². The molecule has 0 spiro atoms. The number of pyridine rings is 1. The Kier molecular flexibility index (Phi) is 3.68. The van der Waals surface area contributed by atoms with Crippen molar-refractivity contribution in [1.82, 2.24) is 4.98 Å². The van der Waals surface area contributed by atoms with E-state index in [2.05, 4.69) is 22.4 Å². The molecule has 0 bridgehead atoms. The quantitative estimate of drug-likeness (QED) is 0.860. The summed E-state index contributed by atoms with van der Waals surface area (Å²) < 4.78 is 0. The molecule has 1 aliphatic rings. The van der Waals surface area contributed by atoms with Crippen molar-refractivity contribution >= 4 is 35.0 Å². The van der Waals surface area contributed by atoms with Crippen LogP contribution >= 0.6 is 23.4 Å². The highest BCUT2D eigenvalue weighted by Crippen LogP contribution is 2.37. The van der Waals surface area contributed by atoms with Crippen LogP contribution in [0.2, 0.25) is 5.15 Å². The molecule has 0 aliphatic carbocycles. The Morgan fingerprint density at radius 2 is 2.25 bits per heavy atom. The van der Waals surface area contributed by atoms with Crippen molar-refractivity contribution in [3.8, 4) is 0 Å². The molecule has 1 unspecified atom stereocenters. The first kappa shape index (κ1) is 13.5. The number of halogens is 1. The van der Waals surface area contributed by atoms with E-state index in [1.165, 1.54) is 10.5 Å². The number of amides is 1. The van der Waals surface area contributed by atoms with Crippen LogP contribution in [0.25, 0.3) is 0 Å². The molecule has 1 atom stereocenters. The molecule has 3 nitrogen and oxygen atoms in total. The normalized spacial score (nSPS) is 16.8. The zero-order chi connectivity index (χ0) is 14.1. The van der Waals surface area contributed by atoms with Gasteiger partial charge < -0.3 is 5.32 Å². The SMILES string of the molecule is Cc1cnc(Cl)c(NC(=O)C2Cc3ccccc3S2)c1. The molecule has 1 amide bonds. The monoisotopic (exact) mass is 304 g/mol. The van der Waals surface area contributed by atoms with Gasteiger partial charge in [0, 0.05) is 11.1 Å². The fourth-order valence-corrected chi connectivity index (χ4v) is 3.53. The molecule has 1 aromatic heterocycles. The number of rotatable bonds is 2.